The maximum absolute atomic E-state index is 5.95. The molecule has 0 bridgehead atoms. The molecule has 4 N–H and O–H groups in total. The molecular formula is C9H12N2S. The Labute approximate surface area is 76.3 Å². The van der Waals surface area contributed by atoms with E-state index in [9.17, 15) is 0 Å². The number of nitrogens with two attached hydrogens (primary N) is 2. The summed E-state index contributed by atoms with van der Waals surface area (Å²) in [5, 5.41) is 0. The molecule has 1 aromatic rings. The van der Waals surface area contributed by atoms with Crippen LogP contribution in [0.25, 0.3) is 0 Å². The van der Waals surface area contributed by atoms with Crippen LogP contribution in [0.4, 0.5) is 5.69 Å². The van der Waals surface area contributed by atoms with E-state index in [1.165, 1.54) is 10.5 Å². The Morgan fingerprint density at radius 2 is 2.25 bits per heavy atom. The number of hydrogen-bond acceptors (Lipinski definition) is 3. The van der Waals surface area contributed by atoms with Crippen molar-refractivity contribution >= 4 is 17.4 Å². The molecule has 12 heavy (non-hydrogen) atoms. The smallest absolute Gasteiger partial charge is 0.0455 e. The Morgan fingerprint density at radius 1 is 1.42 bits per heavy atom. The molecule has 0 saturated heterocycles. The van der Waals surface area contributed by atoms with Gasteiger partial charge in [0.05, 0.1) is 0 Å². The van der Waals surface area contributed by atoms with E-state index in [-0.39, 0.29) is 6.04 Å². The summed E-state index contributed by atoms with van der Waals surface area (Å²) in [6.07, 6.45) is 1.06. The largest absolute Gasteiger partial charge is 0.398 e. The third-order valence-electron chi connectivity index (χ3n) is 2.15. The van der Waals surface area contributed by atoms with Gasteiger partial charge in [-0.2, -0.15) is 0 Å². The summed E-state index contributed by atoms with van der Waals surface area (Å²) >= 11 is 1.81. The van der Waals surface area contributed by atoms with Crippen molar-refractivity contribution in [1.82, 2.24) is 0 Å². The number of hydrogen-bond donors (Lipinski definition) is 2. The Bertz CT molecular complexity index is 299. The second-order valence-electron chi connectivity index (χ2n) is 3.01. The monoisotopic (exact) mass is 180 g/mol. The Hall–Kier alpha value is -0.670. The standard InChI is InChI=1S/C9H12N2S/c10-7-4-5-12-9-6(7)2-1-3-8(9)11/h1-3,7H,4-5,10-11H2/t7-/m0/s1. The van der Waals surface area contributed by atoms with Crippen LogP contribution < -0.4 is 11.5 Å². The van der Waals surface area contributed by atoms with Gasteiger partial charge in [-0.3, -0.25) is 0 Å². The topological polar surface area (TPSA) is 52.0 Å². The number of thioether (sulfide) groups is 1. The van der Waals surface area contributed by atoms with Crippen molar-refractivity contribution in [3.8, 4) is 0 Å². The van der Waals surface area contributed by atoms with E-state index in [1.807, 2.05) is 23.9 Å². The minimum absolute atomic E-state index is 0.185. The van der Waals surface area contributed by atoms with Gasteiger partial charge in [0.15, 0.2) is 0 Å². The minimum atomic E-state index is 0.185. The molecule has 3 heteroatoms. The fourth-order valence-electron chi connectivity index (χ4n) is 1.48. The molecule has 1 aromatic carbocycles. The van der Waals surface area contributed by atoms with E-state index in [2.05, 4.69) is 6.07 Å². The molecule has 1 atom stereocenters. The van der Waals surface area contributed by atoms with Crippen LogP contribution in [0, 0.1) is 0 Å². The minimum Gasteiger partial charge on any atom is -0.398 e. The van der Waals surface area contributed by atoms with E-state index >= 15 is 0 Å². The molecule has 0 amide bonds. The Morgan fingerprint density at radius 3 is 3.00 bits per heavy atom. The van der Waals surface area contributed by atoms with E-state index in [4.69, 9.17) is 11.5 Å². The van der Waals surface area contributed by atoms with Gasteiger partial charge in [0, 0.05) is 16.6 Å². The number of rotatable bonds is 0. The first-order chi connectivity index (χ1) is 5.79. The van der Waals surface area contributed by atoms with Gasteiger partial charge < -0.3 is 11.5 Å². The van der Waals surface area contributed by atoms with Crippen LogP contribution in [0.5, 0.6) is 0 Å². The molecule has 1 aliphatic heterocycles. The van der Waals surface area contributed by atoms with Gasteiger partial charge in [0.25, 0.3) is 0 Å². The average molecular weight is 180 g/mol. The maximum atomic E-state index is 5.95. The van der Waals surface area contributed by atoms with E-state index in [0.29, 0.717) is 0 Å². The second-order valence-corrected chi connectivity index (χ2v) is 4.11. The SMILES string of the molecule is Nc1cccc2c1SCC[C@@H]2N. The summed E-state index contributed by atoms with van der Waals surface area (Å²) in [6, 6.07) is 6.16. The predicted molar refractivity (Wildman–Crippen MR) is 53.1 cm³/mol. The number of anilines is 1. The first kappa shape index (κ1) is 7.95. The van der Waals surface area contributed by atoms with Crippen LogP contribution in [0.3, 0.4) is 0 Å². The van der Waals surface area contributed by atoms with Crippen molar-refractivity contribution in [1.29, 1.82) is 0 Å². The van der Waals surface area contributed by atoms with Crippen molar-refractivity contribution in [3.05, 3.63) is 23.8 Å². The molecule has 0 aliphatic carbocycles. The molecule has 0 fully saturated rings. The van der Waals surface area contributed by atoms with Gasteiger partial charge in [0.1, 0.15) is 0 Å². The van der Waals surface area contributed by atoms with Gasteiger partial charge in [-0.05, 0) is 23.8 Å². The number of benzene rings is 1. The molecule has 0 spiro atoms. The molecule has 1 heterocycles. The Balaban J connectivity index is 2.52. The summed E-state index contributed by atoms with van der Waals surface area (Å²) in [6.45, 7) is 0. The summed E-state index contributed by atoms with van der Waals surface area (Å²) in [4.78, 5) is 1.19. The summed E-state index contributed by atoms with van der Waals surface area (Å²) in [5.41, 5.74) is 13.9. The lowest BCUT2D eigenvalue weighted by atomic mass is 10.0. The molecule has 0 unspecified atom stereocenters. The molecular weight excluding hydrogens is 168 g/mol. The quantitative estimate of drug-likeness (QED) is 0.598. The van der Waals surface area contributed by atoms with Gasteiger partial charge in [-0.25, -0.2) is 0 Å². The highest BCUT2D eigenvalue weighted by molar-refractivity contribution is 7.99. The van der Waals surface area contributed by atoms with Crippen molar-refractivity contribution < 1.29 is 0 Å². The predicted octanol–water partition coefficient (Wildman–Crippen LogP) is 1.76. The summed E-state index contributed by atoms with van der Waals surface area (Å²) in [5.74, 6) is 1.09. The van der Waals surface area contributed by atoms with Crippen LogP contribution in [0.1, 0.15) is 18.0 Å². The average Bonchev–Trinajstić information content (AvgIpc) is 2.07. The fraction of sp³-hybridized carbons (Fsp3) is 0.333. The molecule has 0 radical (unpaired) electrons. The number of nitrogen functional groups attached to an aromatic ring is 1. The lowest BCUT2D eigenvalue weighted by molar-refractivity contribution is 0.681. The van der Waals surface area contributed by atoms with Crippen molar-refractivity contribution in [2.75, 3.05) is 11.5 Å². The Kier molecular flexibility index (Phi) is 1.98. The van der Waals surface area contributed by atoms with Gasteiger partial charge >= 0.3 is 0 Å². The third-order valence-corrected chi connectivity index (χ3v) is 3.35. The van der Waals surface area contributed by atoms with Crippen LogP contribution >= 0.6 is 11.8 Å². The molecule has 2 rings (SSSR count). The van der Waals surface area contributed by atoms with Gasteiger partial charge in [0.2, 0.25) is 0 Å². The lowest BCUT2D eigenvalue weighted by Gasteiger charge is -2.22. The van der Waals surface area contributed by atoms with Crippen molar-refractivity contribution in [3.63, 3.8) is 0 Å². The van der Waals surface area contributed by atoms with Crippen molar-refractivity contribution in [2.24, 2.45) is 5.73 Å². The van der Waals surface area contributed by atoms with Gasteiger partial charge in [-0.15, -0.1) is 11.8 Å². The first-order valence-corrected chi connectivity index (χ1v) is 5.04. The second kappa shape index (κ2) is 2.99. The van der Waals surface area contributed by atoms with E-state index in [0.717, 1.165) is 17.9 Å². The summed E-state index contributed by atoms with van der Waals surface area (Å²) < 4.78 is 0. The number of fused-ring (bicyclic) bond motifs is 1. The maximum Gasteiger partial charge on any atom is 0.0455 e. The molecule has 0 saturated carbocycles. The van der Waals surface area contributed by atoms with Crippen LogP contribution in [0.15, 0.2) is 23.1 Å². The zero-order valence-electron chi connectivity index (χ0n) is 6.79. The normalized spacial score (nSPS) is 21.9. The first-order valence-electron chi connectivity index (χ1n) is 4.06. The zero-order chi connectivity index (χ0) is 8.55. The molecule has 2 nitrogen and oxygen atoms in total. The summed E-state index contributed by atoms with van der Waals surface area (Å²) in [7, 11) is 0. The van der Waals surface area contributed by atoms with Crippen molar-refractivity contribution in [2.45, 2.75) is 17.4 Å². The van der Waals surface area contributed by atoms with Gasteiger partial charge in [-0.1, -0.05) is 12.1 Å². The fourth-order valence-corrected chi connectivity index (χ4v) is 2.67. The van der Waals surface area contributed by atoms with E-state index in [1.54, 1.807) is 0 Å². The molecule has 64 valence electrons. The third kappa shape index (κ3) is 1.19. The molecule has 1 aliphatic rings. The van der Waals surface area contributed by atoms with E-state index < -0.39 is 0 Å². The zero-order valence-corrected chi connectivity index (χ0v) is 7.60. The highest BCUT2D eigenvalue weighted by Crippen LogP contribution is 2.38. The van der Waals surface area contributed by atoms with Crippen LogP contribution in [0.2, 0.25) is 0 Å². The highest BCUT2D eigenvalue weighted by atomic mass is 32.2. The molecule has 0 aromatic heterocycles. The van der Waals surface area contributed by atoms with Crippen LogP contribution in [-0.2, 0) is 0 Å². The highest BCUT2D eigenvalue weighted by Gasteiger charge is 2.18. The van der Waals surface area contributed by atoms with Crippen LogP contribution in [-0.4, -0.2) is 5.75 Å². The lowest BCUT2D eigenvalue weighted by Crippen LogP contribution is -2.16.